The summed E-state index contributed by atoms with van der Waals surface area (Å²) in [4.78, 5) is 14.3. The standard InChI is InChI=1S/C13H25N3O/c1-3-10(2)14-9-13(17)15-11-6-8-16-7-4-5-12(11)16/h10-12,14H,3-9H2,1-2H3,(H,15,17). The van der Waals surface area contributed by atoms with Gasteiger partial charge in [0.1, 0.15) is 0 Å². The number of fused-ring (bicyclic) bond motifs is 1. The van der Waals surface area contributed by atoms with Gasteiger partial charge in [0.05, 0.1) is 6.54 Å². The highest BCUT2D eigenvalue weighted by atomic mass is 16.2. The quantitative estimate of drug-likeness (QED) is 0.743. The maximum Gasteiger partial charge on any atom is 0.234 e. The molecule has 0 aromatic heterocycles. The Hall–Kier alpha value is -0.610. The van der Waals surface area contributed by atoms with Gasteiger partial charge in [0.2, 0.25) is 5.91 Å². The number of nitrogens with zero attached hydrogens (tertiary/aromatic N) is 1. The van der Waals surface area contributed by atoms with Crippen LogP contribution in [-0.4, -0.2) is 48.6 Å². The highest BCUT2D eigenvalue weighted by Gasteiger charge is 2.37. The summed E-state index contributed by atoms with van der Waals surface area (Å²) in [5.41, 5.74) is 0. The van der Waals surface area contributed by atoms with Crippen molar-refractivity contribution in [2.24, 2.45) is 0 Å². The number of carbonyl (C=O) groups is 1. The average Bonchev–Trinajstić information content (AvgIpc) is 2.91. The van der Waals surface area contributed by atoms with Crippen LogP contribution in [0, 0.1) is 0 Å². The number of rotatable bonds is 5. The second kappa shape index (κ2) is 5.83. The van der Waals surface area contributed by atoms with E-state index in [1.807, 2.05) is 0 Å². The first-order chi connectivity index (χ1) is 8.20. The molecule has 3 unspecified atom stereocenters. The number of amides is 1. The molecule has 17 heavy (non-hydrogen) atoms. The molecule has 0 aliphatic carbocycles. The van der Waals surface area contributed by atoms with E-state index in [4.69, 9.17) is 0 Å². The van der Waals surface area contributed by atoms with Gasteiger partial charge >= 0.3 is 0 Å². The molecular formula is C13H25N3O. The lowest BCUT2D eigenvalue weighted by atomic mass is 10.1. The molecule has 3 atom stereocenters. The molecule has 0 spiro atoms. The molecule has 2 rings (SSSR count). The summed E-state index contributed by atoms with van der Waals surface area (Å²) >= 11 is 0. The van der Waals surface area contributed by atoms with E-state index in [1.54, 1.807) is 0 Å². The Morgan fingerprint density at radius 3 is 3.00 bits per heavy atom. The van der Waals surface area contributed by atoms with Gasteiger partial charge < -0.3 is 10.6 Å². The second-order valence-corrected chi connectivity index (χ2v) is 5.40. The molecule has 2 fully saturated rings. The van der Waals surface area contributed by atoms with Crippen LogP contribution in [0.5, 0.6) is 0 Å². The summed E-state index contributed by atoms with van der Waals surface area (Å²) in [5, 5.41) is 6.43. The third-order valence-corrected chi connectivity index (χ3v) is 4.18. The molecule has 1 amide bonds. The van der Waals surface area contributed by atoms with Gasteiger partial charge in [-0.3, -0.25) is 9.69 Å². The van der Waals surface area contributed by atoms with Crippen LogP contribution in [0.15, 0.2) is 0 Å². The van der Waals surface area contributed by atoms with Gasteiger partial charge in [0.25, 0.3) is 0 Å². The Morgan fingerprint density at radius 1 is 1.41 bits per heavy atom. The van der Waals surface area contributed by atoms with Crippen LogP contribution < -0.4 is 10.6 Å². The van der Waals surface area contributed by atoms with Crippen molar-refractivity contribution in [3.63, 3.8) is 0 Å². The van der Waals surface area contributed by atoms with Gasteiger partial charge in [-0.1, -0.05) is 6.92 Å². The fourth-order valence-electron chi connectivity index (χ4n) is 2.92. The van der Waals surface area contributed by atoms with Crippen LogP contribution in [0.25, 0.3) is 0 Å². The zero-order chi connectivity index (χ0) is 12.3. The third kappa shape index (κ3) is 3.19. The molecule has 4 nitrogen and oxygen atoms in total. The fourth-order valence-corrected chi connectivity index (χ4v) is 2.92. The summed E-state index contributed by atoms with van der Waals surface area (Å²) < 4.78 is 0. The molecule has 98 valence electrons. The van der Waals surface area contributed by atoms with Crippen LogP contribution in [0.1, 0.15) is 39.5 Å². The van der Waals surface area contributed by atoms with Crippen molar-refractivity contribution < 1.29 is 4.79 Å². The predicted octanol–water partition coefficient (Wildman–Crippen LogP) is 0.727. The average molecular weight is 239 g/mol. The normalized spacial score (nSPS) is 30.2. The van der Waals surface area contributed by atoms with Crippen molar-refractivity contribution in [3.05, 3.63) is 0 Å². The van der Waals surface area contributed by atoms with E-state index < -0.39 is 0 Å². The number of nitrogens with one attached hydrogen (secondary N) is 2. The largest absolute Gasteiger partial charge is 0.351 e. The minimum absolute atomic E-state index is 0.157. The molecule has 0 aromatic carbocycles. The summed E-state index contributed by atoms with van der Waals surface area (Å²) in [6, 6.07) is 1.43. The first-order valence-corrected chi connectivity index (χ1v) is 6.97. The van der Waals surface area contributed by atoms with Crippen molar-refractivity contribution in [2.45, 2.75) is 57.7 Å². The number of carbonyl (C=O) groups excluding carboxylic acids is 1. The SMILES string of the molecule is CCC(C)NCC(=O)NC1CCN2CCCC12. The van der Waals surface area contributed by atoms with E-state index in [0.29, 0.717) is 24.7 Å². The van der Waals surface area contributed by atoms with Crippen molar-refractivity contribution in [1.82, 2.24) is 15.5 Å². The van der Waals surface area contributed by atoms with Crippen LogP contribution in [0.4, 0.5) is 0 Å². The second-order valence-electron chi connectivity index (χ2n) is 5.40. The Morgan fingerprint density at radius 2 is 2.24 bits per heavy atom. The number of hydrogen-bond donors (Lipinski definition) is 2. The molecule has 4 heteroatoms. The molecule has 0 radical (unpaired) electrons. The van der Waals surface area contributed by atoms with Crippen molar-refractivity contribution in [3.8, 4) is 0 Å². The summed E-state index contributed by atoms with van der Waals surface area (Å²) in [5.74, 6) is 0.157. The molecule has 2 aliphatic rings. The third-order valence-electron chi connectivity index (χ3n) is 4.18. The van der Waals surface area contributed by atoms with Crippen molar-refractivity contribution in [1.29, 1.82) is 0 Å². The lowest BCUT2D eigenvalue weighted by Gasteiger charge is -2.21. The molecule has 2 heterocycles. The van der Waals surface area contributed by atoms with E-state index in [1.165, 1.54) is 19.4 Å². The molecule has 2 N–H and O–H groups in total. The molecule has 2 aliphatic heterocycles. The molecule has 0 saturated carbocycles. The summed E-state index contributed by atoms with van der Waals surface area (Å²) in [6.45, 7) is 7.08. The van der Waals surface area contributed by atoms with Crippen LogP contribution in [-0.2, 0) is 4.79 Å². The predicted molar refractivity (Wildman–Crippen MR) is 68.9 cm³/mol. The van der Waals surface area contributed by atoms with Crippen LogP contribution in [0.3, 0.4) is 0 Å². The minimum atomic E-state index is 0.157. The lowest BCUT2D eigenvalue weighted by Crippen LogP contribution is -2.46. The van der Waals surface area contributed by atoms with Gasteiger partial charge in [-0.15, -0.1) is 0 Å². The number of hydrogen-bond acceptors (Lipinski definition) is 3. The summed E-state index contributed by atoms with van der Waals surface area (Å²) in [6.07, 6.45) is 4.73. The van der Waals surface area contributed by atoms with E-state index in [2.05, 4.69) is 29.4 Å². The van der Waals surface area contributed by atoms with E-state index in [0.717, 1.165) is 19.4 Å². The topological polar surface area (TPSA) is 44.4 Å². The first-order valence-electron chi connectivity index (χ1n) is 6.97. The Kier molecular flexibility index (Phi) is 4.40. The van der Waals surface area contributed by atoms with Crippen LogP contribution >= 0.6 is 0 Å². The van der Waals surface area contributed by atoms with E-state index in [-0.39, 0.29) is 5.91 Å². The van der Waals surface area contributed by atoms with Gasteiger partial charge in [-0.05, 0) is 39.2 Å². The Labute approximate surface area is 104 Å². The van der Waals surface area contributed by atoms with Gasteiger partial charge in [0.15, 0.2) is 0 Å². The van der Waals surface area contributed by atoms with E-state index in [9.17, 15) is 4.79 Å². The van der Waals surface area contributed by atoms with Gasteiger partial charge in [-0.2, -0.15) is 0 Å². The highest BCUT2D eigenvalue weighted by molar-refractivity contribution is 5.78. The lowest BCUT2D eigenvalue weighted by molar-refractivity contribution is -0.121. The smallest absolute Gasteiger partial charge is 0.234 e. The first kappa shape index (κ1) is 12.8. The van der Waals surface area contributed by atoms with Gasteiger partial charge in [0, 0.05) is 24.7 Å². The molecule has 2 saturated heterocycles. The Bertz CT molecular complexity index is 269. The monoisotopic (exact) mass is 239 g/mol. The van der Waals surface area contributed by atoms with Crippen molar-refractivity contribution in [2.75, 3.05) is 19.6 Å². The zero-order valence-corrected chi connectivity index (χ0v) is 11.0. The van der Waals surface area contributed by atoms with Gasteiger partial charge in [-0.25, -0.2) is 0 Å². The molecular weight excluding hydrogens is 214 g/mol. The molecule has 0 aromatic rings. The Balaban J connectivity index is 1.71. The maximum atomic E-state index is 11.8. The summed E-state index contributed by atoms with van der Waals surface area (Å²) in [7, 11) is 0. The zero-order valence-electron chi connectivity index (χ0n) is 11.0. The van der Waals surface area contributed by atoms with Crippen molar-refractivity contribution >= 4 is 5.91 Å². The van der Waals surface area contributed by atoms with Crippen LogP contribution in [0.2, 0.25) is 0 Å². The molecule has 0 bridgehead atoms. The minimum Gasteiger partial charge on any atom is -0.351 e. The fraction of sp³-hybridized carbons (Fsp3) is 0.923. The van der Waals surface area contributed by atoms with E-state index >= 15 is 0 Å². The maximum absolute atomic E-state index is 11.8. The highest BCUT2D eigenvalue weighted by Crippen LogP contribution is 2.27.